The molecule has 0 radical (unpaired) electrons. The number of benzene rings is 1. The predicted molar refractivity (Wildman–Crippen MR) is 113 cm³/mol. The van der Waals surface area contributed by atoms with E-state index in [0.29, 0.717) is 18.2 Å². The van der Waals surface area contributed by atoms with Gasteiger partial charge in [0.1, 0.15) is 5.75 Å². The van der Waals surface area contributed by atoms with Crippen molar-refractivity contribution < 1.29 is 19.2 Å². The van der Waals surface area contributed by atoms with E-state index in [4.69, 9.17) is 4.74 Å². The Kier molecular flexibility index (Phi) is 6.23. The number of nitrogens with zero attached hydrogens (tertiary/aromatic N) is 4. The van der Waals surface area contributed by atoms with Crippen LogP contribution in [0, 0.1) is 0 Å². The Hall–Kier alpha value is -3.00. The van der Waals surface area contributed by atoms with Crippen LogP contribution in [0.1, 0.15) is 26.2 Å². The van der Waals surface area contributed by atoms with E-state index in [-0.39, 0.29) is 24.3 Å². The van der Waals surface area contributed by atoms with Crippen LogP contribution in [0.15, 0.2) is 42.7 Å². The number of nitrogens with one attached hydrogen (secondary N) is 1. The zero-order valence-electron chi connectivity index (χ0n) is 17.3. The fourth-order valence-corrected chi connectivity index (χ4v) is 4.04. The number of rotatable bonds is 7. The van der Waals surface area contributed by atoms with Crippen molar-refractivity contribution in [2.45, 2.75) is 32.2 Å². The van der Waals surface area contributed by atoms with Gasteiger partial charge in [-0.3, -0.25) is 9.59 Å². The fraction of sp³-hybridized carbons (Fsp3) is 0.455. The highest BCUT2D eigenvalue weighted by Gasteiger charge is 2.46. The summed E-state index contributed by atoms with van der Waals surface area (Å²) in [6.07, 6.45) is 5.80. The van der Waals surface area contributed by atoms with Crippen molar-refractivity contribution in [1.29, 1.82) is 0 Å². The third-order valence-electron chi connectivity index (χ3n) is 5.74. The maximum absolute atomic E-state index is 13.1. The summed E-state index contributed by atoms with van der Waals surface area (Å²) >= 11 is 0. The Morgan fingerprint density at radius 1 is 1.10 bits per heavy atom. The van der Waals surface area contributed by atoms with Crippen LogP contribution in [0.25, 0.3) is 0 Å². The van der Waals surface area contributed by atoms with Crippen molar-refractivity contribution in [3.63, 3.8) is 0 Å². The molecule has 1 aromatic carbocycles. The molecule has 2 aromatic rings. The quantitative estimate of drug-likeness (QED) is 0.535. The first-order chi connectivity index (χ1) is 14.7. The average Bonchev–Trinajstić information content (AvgIpc) is 3.09. The van der Waals surface area contributed by atoms with Gasteiger partial charge in [0.15, 0.2) is 6.04 Å². The number of carbonyl (C=O) groups excluding carboxylic acids is 2. The van der Waals surface area contributed by atoms with Crippen LogP contribution in [0.5, 0.6) is 5.75 Å². The summed E-state index contributed by atoms with van der Waals surface area (Å²) in [5.41, 5.74) is 0.617. The zero-order valence-corrected chi connectivity index (χ0v) is 17.3. The van der Waals surface area contributed by atoms with E-state index in [1.807, 2.05) is 12.1 Å². The third kappa shape index (κ3) is 4.28. The van der Waals surface area contributed by atoms with E-state index in [0.717, 1.165) is 49.7 Å². The number of piperazine rings is 1. The van der Waals surface area contributed by atoms with Crippen molar-refractivity contribution in [2.24, 2.45) is 0 Å². The maximum Gasteiger partial charge on any atom is 0.292 e. The van der Waals surface area contributed by atoms with Gasteiger partial charge in [-0.15, -0.1) is 0 Å². The molecule has 2 saturated heterocycles. The Labute approximate surface area is 176 Å². The molecule has 2 aliphatic rings. The molecule has 0 unspecified atom stereocenters. The molecule has 8 nitrogen and oxygen atoms in total. The van der Waals surface area contributed by atoms with Gasteiger partial charge < -0.3 is 14.5 Å². The normalized spacial score (nSPS) is 20.1. The predicted octanol–water partition coefficient (Wildman–Crippen LogP) is 0.693. The highest BCUT2D eigenvalue weighted by Crippen LogP contribution is 2.25. The second kappa shape index (κ2) is 9.21. The number of amides is 2. The number of hydrogen-bond donors (Lipinski definition) is 1. The number of hydrogen-bond acceptors (Lipinski definition) is 6. The molecule has 0 spiro atoms. The molecule has 1 atom stereocenters. The van der Waals surface area contributed by atoms with Gasteiger partial charge in [0.05, 0.1) is 44.9 Å². The first kappa shape index (κ1) is 20.3. The van der Waals surface area contributed by atoms with E-state index in [1.165, 1.54) is 4.90 Å². The smallest absolute Gasteiger partial charge is 0.292 e. The van der Waals surface area contributed by atoms with Crippen LogP contribution in [0.3, 0.4) is 0 Å². The summed E-state index contributed by atoms with van der Waals surface area (Å²) in [4.78, 5) is 38.9. The molecule has 0 aliphatic carbocycles. The maximum atomic E-state index is 13.1. The molecule has 3 heterocycles. The average molecular weight is 410 g/mol. The van der Waals surface area contributed by atoms with Crippen molar-refractivity contribution in [3.05, 3.63) is 42.7 Å². The summed E-state index contributed by atoms with van der Waals surface area (Å²) in [5, 5.41) is 0. The minimum atomic E-state index is -0.322. The highest BCUT2D eigenvalue weighted by atomic mass is 16.5. The fourth-order valence-electron chi connectivity index (χ4n) is 4.04. The molecule has 0 saturated carbocycles. The first-order valence-corrected chi connectivity index (χ1v) is 10.6. The second-order valence-electron chi connectivity index (χ2n) is 7.71. The Morgan fingerprint density at radius 3 is 2.47 bits per heavy atom. The molecule has 1 N–H and O–H groups in total. The van der Waals surface area contributed by atoms with Gasteiger partial charge in [-0.25, -0.2) is 14.9 Å². The molecule has 0 bridgehead atoms. The topological polar surface area (TPSA) is 80.1 Å². The summed E-state index contributed by atoms with van der Waals surface area (Å²) in [7, 11) is 0. The van der Waals surface area contributed by atoms with Crippen LogP contribution in [0.4, 0.5) is 11.6 Å². The molecule has 4 rings (SSSR count). The Morgan fingerprint density at radius 2 is 1.80 bits per heavy atom. The van der Waals surface area contributed by atoms with Gasteiger partial charge in [-0.1, -0.05) is 13.3 Å². The summed E-state index contributed by atoms with van der Waals surface area (Å²) < 4.78 is 5.67. The molecule has 2 amide bonds. The van der Waals surface area contributed by atoms with Gasteiger partial charge in [-0.2, -0.15) is 0 Å². The molecule has 1 aromatic heterocycles. The second-order valence-corrected chi connectivity index (χ2v) is 7.71. The molecule has 30 heavy (non-hydrogen) atoms. The number of imide groups is 1. The van der Waals surface area contributed by atoms with Crippen LogP contribution in [-0.4, -0.2) is 60.6 Å². The number of unbranched alkanes of at least 4 members (excludes halogenated alkanes) is 1. The Balaban J connectivity index is 1.37. The lowest BCUT2D eigenvalue weighted by molar-refractivity contribution is -0.915. The third-order valence-corrected chi connectivity index (χ3v) is 5.74. The first-order valence-electron chi connectivity index (χ1n) is 10.6. The lowest BCUT2D eigenvalue weighted by Gasteiger charge is -2.34. The zero-order chi connectivity index (χ0) is 20.9. The van der Waals surface area contributed by atoms with E-state index < -0.39 is 0 Å². The van der Waals surface area contributed by atoms with Crippen LogP contribution in [0.2, 0.25) is 0 Å². The minimum Gasteiger partial charge on any atom is -0.494 e. The molecule has 2 aliphatic heterocycles. The van der Waals surface area contributed by atoms with Gasteiger partial charge >= 0.3 is 0 Å². The SMILES string of the molecule is CCCCOc1ccc(N2C(=O)C[C@H]([NH+]3CCN(c4ncccn4)CC3)C2=O)cc1. The van der Waals surface area contributed by atoms with E-state index >= 15 is 0 Å². The summed E-state index contributed by atoms with van der Waals surface area (Å²) in [5.74, 6) is 1.23. The summed E-state index contributed by atoms with van der Waals surface area (Å²) in [6, 6.07) is 8.71. The van der Waals surface area contributed by atoms with E-state index in [9.17, 15) is 9.59 Å². The van der Waals surface area contributed by atoms with Crippen molar-refractivity contribution in [3.8, 4) is 5.75 Å². The van der Waals surface area contributed by atoms with Gasteiger partial charge in [0.2, 0.25) is 11.9 Å². The van der Waals surface area contributed by atoms with Gasteiger partial charge in [0, 0.05) is 12.4 Å². The lowest BCUT2D eigenvalue weighted by atomic mass is 10.2. The lowest BCUT2D eigenvalue weighted by Crippen LogP contribution is -3.19. The number of ether oxygens (including phenoxy) is 1. The van der Waals surface area contributed by atoms with E-state index in [2.05, 4.69) is 21.8 Å². The van der Waals surface area contributed by atoms with Crippen molar-refractivity contribution >= 4 is 23.5 Å². The monoisotopic (exact) mass is 410 g/mol. The number of carbonyl (C=O) groups is 2. The standard InChI is InChI=1S/C22H27N5O3/c1-2-3-15-30-18-7-5-17(6-8-18)27-20(28)16-19(21(27)29)25-11-13-26(14-12-25)22-23-9-4-10-24-22/h4-10,19H,2-3,11-16H2,1H3/p+1/t19-/m0/s1. The molecule has 2 fully saturated rings. The molecule has 158 valence electrons. The van der Waals surface area contributed by atoms with Crippen LogP contribution < -0.4 is 19.4 Å². The van der Waals surface area contributed by atoms with Crippen molar-refractivity contribution in [2.75, 3.05) is 42.6 Å². The van der Waals surface area contributed by atoms with Gasteiger partial charge in [0.25, 0.3) is 5.91 Å². The minimum absolute atomic E-state index is 0.112. The number of aromatic nitrogens is 2. The van der Waals surface area contributed by atoms with Gasteiger partial charge in [-0.05, 0) is 36.8 Å². The van der Waals surface area contributed by atoms with E-state index in [1.54, 1.807) is 30.6 Å². The molecular formula is C22H28N5O3+. The largest absolute Gasteiger partial charge is 0.494 e. The van der Waals surface area contributed by atoms with Crippen LogP contribution >= 0.6 is 0 Å². The Bertz CT molecular complexity index is 866. The molecular weight excluding hydrogens is 382 g/mol. The number of quaternary nitrogens is 1. The highest BCUT2D eigenvalue weighted by molar-refractivity contribution is 6.21. The molecule has 8 heteroatoms. The number of anilines is 2. The van der Waals surface area contributed by atoms with Crippen molar-refractivity contribution in [1.82, 2.24) is 9.97 Å². The van der Waals surface area contributed by atoms with Crippen LogP contribution in [-0.2, 0) is 9.59 Å². The summed E-state index contributed by atoms with van der Waals surface area (Å²) in [6.45, 7) is 5.87.